The van der Waals surface area contributed by atoms with E-state index in [1.165, 1.54) is 32.0 Å². The lowest BCUT2D eigenvalue weighted by atomic mass is 10.1. The first-order valence-electron chi connectivity index (χ1n) is 6.05. The van der Waals surface area contributed by atoms with Crippen molar-refractivity contribution in [3.8, 4) is 11.5 Å². The molecule has 8 nitrogen and oxygen atoms in total. The average Bonchev–Trinajstić information content (AvgIpc) is 2.95. The number of nitrogens with zero attached hydrogens (tertiary/aromatic N) is 1. The van der Waals surface area contributed by atoms with Gasteiger partial charge in [0, 0.05) is 11.6 Å². The molecule has 114 valence electrons. The summed E-state index contributed by atoms with van der Waals surface area (Å²) in [5, 5.41) is 23.4. The topological polar surface area (TPSA) is 118 Å². The van der Waals surface area contributed by atoms with Crippen molar-refractivity contribution in [2.75, 3.05) is 20.0 Å². The molecule has 0 aliphatic carbocycles. The fourth-order valence-electron chi connectivity index (χ4n) is 2.15. The lowest BCUT2D eigenvalue weighted by Gasteiger charge is -2.14. The molecular weight excluding hydrogens is 300 g/mol. The van der Waals surface area contributed by atoms with E-state index in [-0.39, 0.29) is 22.6 Å². The van der Waals surface area contributed by atoms with Gasteiger partial charge in [-0.15, -0.1) is 0 Å². The van der Waals surface area contributed by atoms with E-state index in [1.807, 2.05) is 0 Å². The quantitative estimate of drug-likeness (QED) is 0.549. The number of methoxy groups -OCH3 is 2. The lowest BCUT2D eigenvalue weighted by Crippen LogP contribution is -2.90. The van der Waals surface area contributed by atoms with Gasteiger partial charge in [0.1, 0.15) is 12.0 Å². The number of quaternary nitrogens is 1. The van der Waals surface area contributed by atoms with Crippen molar-refractivity contribution >= 4 is 23.4 Å². The first kappa shape index (κ1) is 15.4. The number of carbonyl (C=O) groups is 1. The second kappa shape index (κ2) is 6.19. The number of nitrogens with two attached hydrogens (primary N) is 1. The molecule has 0 radical (unpaired) electrons. The van der Waals surface area contributed by atoms with E-state index in [0.29, 0.717) is 11.3 Å². The van der Waals surface area contributed by atoms with Crippen LogP contribution in [0.5, 0.6) is 11.5 Å². The zero-order valence-electron chi connectivity index (χ0n) is 11.4. The van der Waals surface area contributed by atoms with Crippen LogP contribution in [0.4, 0.5) is 5.69 Å². The van der Waals surface area contributed by atoms with E-state index in [4.69, 9.17) is 9.47 Å². The van der Waals surface area contributed by atoms with E-state index < -0.39 is 16.9 Å². The van der Waals surface area contributed by atoms with Crippen LogP contribution in [0, 0.1) is 10.1 Å². The number of rotatable bonds is 5. The molecule has 1 heterocycles. The molecule has 0 spiro atoms. The second-order valence-corrected chi connectivity index (χ2v) is 5.58. The third kappa shape index (κ3) is 3.03. The molecule has 1 aromatic rings. The van der Waals surface area contributed by atoms with Gasteiger partial charge in [0.2, 0.25) is 5.75 Å². The molecule has 0 amide bonds. The van der Waals surface area contributed by atoms with Gasteiger partial charge >= 0.3 is 5.69 Å². The fourth-order valence-corrected chi connectivity index (χ4v) is 3.44. The fraction of sp³-hybridized carbons (Fsp3) is 0.417. The number of carboxylic acids is 1. The Morgan fingerprint density at radius 3 is 2.62 bits per heavy atom. The van der Waals surface area contributed by atoms with Gasteiger partial charge in [-0.05, 0) is 6.07 Å². The zero-order valence-corrected chi connectivity index (χ0v) is 12.2. The van der Waals surface area contributed by atoms with Crippen molar-refractivity contribution in [2.45, 2.75) is 11.4 Å². The van der Waals surface area contributed by atoms with E-state index >= 15 is 0 Å². The van der Waals surface area contributed by atoms with Gasteiger partial charge in [0.15, 0.2) is 11.1 Å². The number of hydrogen-bond donors (Lipinski definition) is 1. The van der Waals surface area contributed by atoms with Gasteiger partial charge in [-0.2, -0.15) is 0 Å². The molecule has 2 N–H and O–H groups in total. The van der Waals surface area contributed by atoms with Crippen molar-refractivity contribution in [2.24, 2.45) is 0 Å². The normalized spacial score (nSPS) is 21.0. The molecule has 2 rings (SSSR count). The van der Waals surface area contributed by atoms with Crippen molar-refractivity contribution < 1.29 is 29.6 Å². The minimum atomic E-state index is -1.14. The number of thioether (sulfide) groups is 1. The minimum absolute atomic E-state index is 0.0469. The number of aliphatic carboxylic acids is 1. The summed E-state index contributed by atoms with van der Waals surface area (Å²) in [6.07, 6.45) is 0. The maximum Gasteiger partial charge on any atom is 0.315 e. The molecule has 21 heavy (non-hydrogen) atoms. The molecule has 0 aromatic heterocycles. The molecule has 1 aliphatic heterocycles. The highest BCUT2D eigenvalue weighted by Gasteiger charge is 2.33. The van der Waals surface area contributed by atoms with Gasteiger partial charge in [-0.3, -0.25) is 10.1 Å². The van der Waals surface area contributed by atoms with Crippen LogP contribution in [-0.4, -0.2) is 36.9 Å². The van der Waals surface area contributed by atoms with Crippen LogP contribution in [0.3, 0.4) is 0 Å². The monoisotopic (exact) mass is 314 g/mol. The minimum Gasteiger partial charge on any atom is -0.544 e. The Balaban J connectivity index is 2.39. The molecule has 1 fully saturated rings. The summed E-state index contributed by atoms with van der Waals surface area (Å²) < 4.78 is 10.1. The third-order valence-corrected chi connectivity index (χ3v) is 4.51. The number of carbonyl (C=O) groups excluding carboxylic acids is 1. The Morgan fingerprint density at radius 2 is 2.14 bits per heavy atom. The van der Waals surface area contributed by atoms with Crippen LogP contribution >= 0.6 is 11.8 Å². The highest BCUT2D eigenvalue weighted by atomic mass is 32.2. The van der Waals surface area contributed by atoms with Crippen LogP contribution in [0.25, 0.3) is 0 Å². The average molecular weight is 314 g/mol. The number of hydrogen-bond acceptors (Lipinski definition) is 7. The van der Waals surface area contributed by atoms with Gasteiger partial charge in [0.05, 0.1) is 24.9 Å². The number of ether oxygens (including phenoxy) is 2. The molecule has 0 saturated carbocycles. The van der Waals surface area contributed by atoms with Crippen LogP contribution in [0.2, 0.25) is 0 Å². The van der Waals surface area contributed by atoms with Gasteiger partial charge in [-0.1, -0.05) is 11.8 Å². The Bertz CT molecular complexity index is 579. The molecular formula is C12H14N2O6S. The lowest BCUT2D eigenvalue weighted by molar-refractivity contribution is -0.690. The van der Waals surface area contributed by atoms with Crippen LogP contribution < -0.4 is 19.9 Å². The van der Waals surface area contributed by atoms with Crippen LogP contribution in [0.15, 0.2) is 12.1 Å². The predicted molar refractivity (Wildman–Crippen MR) is 72.1 cm³/mol. The van der Waals surface area contributed by atoms with Gasteiger partial charge < -0.3 is 24.7 Å². The SMILES string of the molecule is COc1cc(C2[NH2+]C(C(=O)[O-])CS2)cc([N+](=O)[O-])c1OC. The maximum atomic E-state index is 11.1. The third-order valence-electron chi connectivity index (χ3n) is 3.17. The van der Waals surface area contributed by atoms with E-state index in [0.717, 1.165) is 0 Å². The van der Waals surface area contributed by atoms with Crippen LogP contribution in [0.1, 0.15) is 10.9 Å². The smallest absolute Gasteiger partial charge is 0.315 e. The molecule has 2 atom stereocenters. The summed E-state index contributed by atoms with van der Waals surface area (Å²) in [4.78, 5) is 21.5. The zero-order chi connectivity index (χ0) is 15.6. The highest BCUT2D eigenvalue weighted by Crippen LogP contribution is 2.41. The second-order valence-electron chi connectivity index (χ2n) is 4.40. The summed E-state index contributed by atoms with van der Waals surface area (Å²) in [7, 11) is 2.72. The van der Waals surface area contributed by atoms with E-state index in [2.05, 4.69) is 0 Å². The van der Waals surface area contributed by atoms with E-state index in [1.54, 1.807) is 11.4 Å². The molecule has 1 aromatic carbocycles. The van der Waals surface area contributed by atoms with Crippen LogP contribution in [-0.2, 0) is 4.79 Å². The Hall–Kier alpha value is -2.00. The predicted octanol–water partition coefficient (Wildman–Crippen LogP) is -0.961. The molecule has 1 saturated heterocycles. The Labute approximate surface area is 124 Å². The molecule has 2 unspecified atom stereocenters. The maximum absolute atomic E-state index is 11.1. The summed E-state index contributed by atoms with van der Waals surface area (Å²) >= 11 is 1.39. The summed E-state index contributed by atoms with van der Waals surface area (Å²) in [6, 6.07) is 2.34. The van der Waals surface area contributed by atoms with Gasteiger partial charge in [-0.25, -0.2) is 0 Å². The first-order valence-corrected chi connectivity index (χ1v) is 7.10. The largest absolute Gasteiger partial charge is 0.544 e. The van der Waals surface area contributed by atoms with Gasteiger partial charge in [0.25, 0.3) is 0 Å². The molecule has 9 heteroatoms. The number of benzene rings is 1. The van der Waals surface area contributed by atoms with Crippen molar-refractivity contribution in [3.05, 3.63) is 27.8 Å². The molecule has 0 bridgehead atoms. The summed E-state index contributed by atoms with van der Waals surface area (Å²) in [5.74, 6) is -0.465. The number of carboxylic acid groups (broad SMARTS) is 1. The van der Waals surface area contributed by atoms with Crippen molar-refractivity contribution in [1.82, 2.24) is 0 Å². The Kier molecular flexibility index (Phi) is 4.53. The summed E-state index contributed by atoms with van der Waals surface area (Å²) in [6.45, 7) is 0. The Morgan fingerprint density at radius 1 is 1.43 bits per heavy atom. The molecule has 1 aliphatic rings. The number of nitro groups is 1. The standard InChI is InChI=1S/C12H14N2O6S/c1-19-9-4-6(3-8(14(17)18)10(9)20-2)11-13-7(5-21-11)12(15)16/h3-4,7,11,13H,5H2,1-2H3,(H,15,16). The first-order chi connectivity index (χ1) is 9.97. The number of nitro benzene ring substituents is 1. The van der Waals surface area contributed by atoms with Crippen molar-refractivity contribution in [3.63, 3.8) is 0 Å². The van der Waals surface area contributed by atoms with E-state index in [9.17, 15) is 20.0 Å². The highest BCUT2D eigenvalue weighted by molar-refractivity contribution is 7.99. The summed E-state index contributed by atoms with van der Waals surface area (Å²) in [5.41, 5.74) is 0.394. The van der Waals surface area contributed by atoms with Crippen molar-refractivity contribution in [1.29, 1.82) is 0 Å².